The van der Waals surface area contributed by atoms with Crippen LogP contribution in [0.3, 0.4) is 0 Å². The molecule has 0 aliphatic carbocycles. The van der Waals surface area contributed by atoms with Crippen molar-refractivity contribution < 1.29 is 4.79 Å². The maximum Gasteiger partial charge on any atom is 0.256 e. The number of amides is 1. The quantitative estimate of drug-likeness (QED) is 0.698. The first-order valence-electron chi connectivity index (χ1n) is 8.17. The largest absolute Gasteiger partial charge is 0.338 e. The number of aromatic nitrogens is 3. The number of thioether (sulfide) groups is 1. The van der Waals surface area contributed by atoms with Gasteiger partial charge < -0.3 is 4.90 Å². The summed E-state index contributed by atoms with van der Waals surface area (Å²) in [6.07, 6.45) is 7.31. The first kappa shape index (κ1) is 16.4. The Labute approximate surface area is 154 Å². The van der Waals surface area contributed by atoms with E-state index in [0.717, 1.165) is 51.0 Å². The van der Waals surface area contributed by atoms with Crippen molar-refractivity contribution in [1.29, 1.82) is 0 Å². The highest BCUT2D eigenvalue weighted by Crippen LogP contribution is 2.42. The number of nitrogens with zero attached hydrogens (tertiary/aromatic N) is 3. The molecule has 4 heterocycles. The van der Waals surface area contributed by atoms with Crippen LogP contribution in [0, 0.1) is 0 Å². The van der Waals surface area contributed by atoms with Crippen molar-refractivity contribution in [2.45, 2.75) is 17.1 Å². The van der Waals surface area contributed by atoms with E-state index in [-0.39, 0.29) is 5.91 Å². The Bertz CT molecular complexity index is 874. The second-order valence-electron chi connectivity index (χ2n) is 5.85. The molecule has 0 saturated carbocycles. The minimum Gasteiger partial charge on any atom is -0.338 e. The number of carbonyl (C=O) groups excluding carboxylic acids is 1. The topological polar surface area (TPSA) is 61.9 Å². The summed E-state index contributed by atoms with van der Waals surface area (Å²) < 4.78 is 1.08. The van der Waals surface area contributed by atoms with Crippen molar-refractivity contribution >= 4 is 29.0 Å². The highest BCUT2D eigenvalue weighted by molar-refractivity contribution is 8.00. The van der Waals surface area contributed by atoms with Crippen LogP contribution < -0.4 is 0 Å². The summed E-state index contributed by atoms with van der Waals surface area (Å²) in [4.78, 5) is 20.5. The predicted molar refractivity (Wildman–Crippen MR) is 101 cm³/mol. The Kier molecular flexibility index (Phi) is 4.59. The first-order chi connectivity index (χ1) is 12.3. The van der Waals surface area contributed by atoms with Gasteiger partial charge in [-0.2, -0.15) is 5.10 Å². The van der Waals surface area contributed by atoms with Crippen LogP contribution in [0.15, 0.2) is 40.9 Å². The molecule has 1 aliphatic rings. The molecule has 0 bridgehead atoms. The molecular weight excluding hydrogens is 352 g/mol. The van der Waals surface area contributed by atoms with Gasteiger partial charge in [0.2, 0.25) is 0 Å². The van der Waals surface area contributed by atoms with E-state index in [1.807, 2.05) is 41.6 Å². The summed E-state index contributed by atoms with van der Waals surface area (Å²) in [5.74, 6) is 0.138. The van der Waals surface area contributed by atoms with Crippen LogP contribution in [-0.4, -0.2) is 45.3 Å². The predicted octanol–water partition coefficient (Wildman–Crippen LogP) is 3.50. The third-order valence-electron chi connectivity index (χ3n) is 4.39. The fourth-order valence-electron chi connectivity index (χ4n) is 3.15. The van der Waals surface area contributed by atoms with Crippen molar-refractivity contribution in [2.75, 3.05) is 19.3 Å². The molecule has 3 aromatic rings. The van der Waals surface area contributed by atoms with Crippen LogP contribution in [0.2, 0.25) is 0 Å². The number of aromatic amines is 1. The lowest BCUT2D eigenvalue weighted by Gasteiger charge is -2.27. The van der Waals surface area contributed by atoms with Gasteiger partial charge in [-0.05, 0) is 36.4 Å². The number of hydrogen-bond donors (Lipinski definition) is 1. The lowest BCUT2D eigenvalue weighted by Crippen LogP contribution is -2.38. The number of hydrogen-bond acceptors (Lipinski definition) is 5. The smallest absolute Gasteiger partial charge is 0.256 e. The van der Waals surface area contributed by atoms with E-state index in [1.165, 1.54) is 0 Å². The average molecular weight is 371 g/mol. The Hall–Kier alpha value is -2.12. The molecule has 7 heteroatoms. The van der Waals surface area contributed by atoms with Crippen molar-refractivity contribution in [3.63, 3.8) is 0 Å². The normalized spacial score (nSPS) is 14.0. The summed E-state index contributed by atoms with van der Waals surface area (Å²) in [5, 5.41) is 7.17. The molecule has 3 aromatic heterocycles. The SMILES string of the molecule is CSc1sc(-c2cc[nH]n2)c2c1C(=O)N(CCc1ccccn1)CC2. The summed E-state index contributed by atoms with van der Waals surface area (Å²) in [5.41, 5.74) is 3.98. The zero-order valence-electron chi connectivity index (χ0n) is 13.9. The Morgan fingerprint density at radius 2 is 2.28 bits per heavy atom. The molecule has 25 heavy (non-hydrogen) atoms. The number of thiophene rings is 1. The molecule has 0 saturated heterocycles. The van der Waals surface area contributed by atoms with Crippen molar-refractivity contribution in [3.8, 4) is 10.6 Å². The molecule has 0 radical (unpaired) electrons. The number of carbonyl (C=O) groups is 1. The third-order valence-corrected chi connectivity index (χ3v) is 6.76. The fourth-order valence-corrected chi connectivity index (χ4v) is 5.19. The second-order valence-corrected chi connectivity index (χ2v) is 7.94. The Balaban J connectivity index is 1.60. The van der Waals surface area contributed by atoms with E-state index in [9.17, 15) is 4.79 Å². The number of rotatable bonds is 5. The molecule has 0 aromatic carbocycles. The molecule has 128 valence electrons. The Morgan fingerprint density at radius 1 is 1.36 bits per heavy atom. The minimum absolute atomic E-state index is 0.138. The van der Waals surface area contributed by atoms with E-state index >= 15 is 0 Å². The molecule has 0 fully saturated rings. The van der Waals surface area contributed by atoms with Gasteiger partial charge in [0.15, 0.2) is 0 Å². The summed E-state index contributed by atoms with van der Waals surface area (Å²) >= 11 is 3.32. The maximum absolute atomic E-state index is 13.1. The van der Waals surface area contributed by atoms with Gasteiger partial charge in [-0.3, -0.25) is 14.9 Å². The number of pyridine rings is 1. The second kappa shape index (κ2) is 7.01. The molecule has 4 rings (SSSR count). The third kappa shape index (κ3) is 3.09. The lowest BCUT2D eigenvalue weighted by molar-refractivity contribution is 0.0739. The molecule has 0 spiro atoms. The zero-order valence-corrected chi connectivity index (χ0v) is 15.5. The van der Waals surface area contributed by atoms with Crippen LogP contribution in [0.25, 0.3) is 10.6 Å². The van der Waals surface area contributed by atoms with Gasteiger partial charge >= 0.3 is 0 Å². The molecular formula is C18H18N4OS2. The summed E-state index contributed by atoms with van der Waals surface area (Å²) in [6, 6.07) is 7.87. The average Bonchev–Trinajstić information content (AvgIpc) is 3.29. The van der Waals surface area contributed by atoms with E-state index in [1.54, 1.807) is 29.3 Å². The number of H-pyrrole nitrogens is 1. The molecule has 0 atom stereocenters. The van der Waals surface area contributed by atoms with Gasteiger partial charge in [0.1, 0.15) is 5.69 Å². The van der Waals surface area contributed by atoms with E-state index in [0.29, 0.717) is 6.54 Å². The van der Waals surface area contributed by atoms with Crippen LogP contribution in [0.1, 0.15) is 21.6 Å². The van der Waals surface area contributed by atoms with Crippen molar-refractivity contribution in [2.24, 2.45) is 0 Å². The zero-order chi connectivity index (χ0) is 17.2. The standard InChI is InChI=1S/C18H18N4OS2/c1-24-18-15-13(16(25-18)14-5-9-20-21-14)7-11-22(17(15)23)10-6-12-4-2-3-8-19-12/h2-5,8-9H,6-7,10-11H2,1H3,(H,20,21). The van der Waals surface area contributed by atoms with E-state index in [2.05, 4.69) is 15.2 Å². The van der Waals surface area contributed by atoms with Gasteiger partial charge in [0, 0.05) is 37.6 Å². The van der Waals surface area contributed by atoms with Gasteiger partial charge in [-0.1, -0.05) is 6.07 Å². The molecule has 1 aliphatic heterocycles. The first-order valence-corrected chi connectivity index (χ1v) is 10.2. The highest BCUT2D eigenvalue weighted by Gasteiger charge is 2.32. The highest BCUT2D eigenvalue weighted by atomic mass is 32.2. The van der Waals surface area contributed by atoms with Crippen LogP contribution in [0.5, 0.6) is 0 Å². The van der Waals surface area contributed by atoms with Gasteiger partial charge in [-0.15, -0.1) is 23.1 Å². The van der Waals surface area contributed by atoms with Gasteiger partial charge in [-0.25, -0.2) is 0 Å². The van der Waals surface area contributed by atoms with Crippen LogP contribution in [-0.2, 0) is 12.8 Å². The van der Waals surface area contributed by atoms with E-state index < -0.39 is 0 Å². The molecule has 1 N–H and O–H groups in total. The fraction of sp³-hybridized carbons (Fsp3) is 0.278. The number of fused-ring (bicyclic) bond motifs is 1. The lowest BCUT2D eigenvalue weighted by atomic mass is 10.00. The van der Waals surface area contributed by atoms with Crippen LogP contribution >= 0.6 is 23.1 Å². The van der Waals surface area contributed by atoms with Crippen LogP contribution in [0.4, 0.5) is 0 Å². The minimum atomic E-state index is 0.138. The van der Waals surface area contributed by atoms with Gasteiger partial charge in [0.25, 0.3) is 5.91 Å². The van der Waals surface area contributed by atoms with Crippen molar-refractivity contribution in [3.05, 3.63) is 53.5 Å². The van der Waals surface area contributed by atoms with E-state index in [4.69, 9.17) is 0 Å². The summed E-state index contributed by atoms with van der Waals surface area (Å²) in [6.45, 7) is 1.46. The molecule has 0 unspecified atom stereocenters. The molecule has 5 nitrogen and oxygen atoms in total. The van der Waals surface area contributed by atoms with Crippen molar-refractivity contribution in [1.82, 2.24) is 20.1 Å². The Morgan fingerprint density at radius 3 is 3.00 bits per heavy atom. The summed E-state index contributed by atoms with van der Waals surface area (Å²) in [7, 11) is 0. The van der Waals surface area contributed by atoms with Gasteiger partial charge in [0.05, 0.1) is 14.6 Å². The maximum atomic E-state index is 13.1. The monoisotopic (exact) mass is 370 g/mol. The number of nitrogens with one attached hydrogen (secondary N) is 1. The molecule has 1 amide bonds.